The molecule has 2 N–H and O–H groups in total. The number of hydrogen-bond donors (Lipinski definition) is 2. The molecule has 6 heteroatoms. The van der Waals surface area contributed by atoms with Crippen LogP contribution in [0.15, 0.2) is 0 Å². The van der Waals surface area contributed by atoms with Gasteiger partial charge in [-0.1, -0.05) is 32.1 Å². The van der Waals surface area contributed by atoms with Crippen LogP contribution in [-0.4, -0.2) is 31.8 Å². The van der Waals surface area contributed by atoms with Crippen LogP contribution < -0.4 is 4.72 Å². The zero-order valence-electron chi connectivity index (χ0n) is 10.7. The highest BCUT2D eigenvalue weighted by Gasteiger charge is 2.15. The van der Waals surface area contributed by atoms with E-state index in [1.54, 1.807) is 0 Å². The molecule has 18 heavy (non-hydrogen) atoms. The van der Waals surface area contributed by atoms with Gasteiger partial charge in [0.25, 0.3) is 0 Å². The van der Waals surface area contributed by atoms with E-state index in [1.165, 1.54) is 32.1 Å². The Morgan fingerprint density at radius 2 is 1.89 bits per heavy atom. The van der Waals surface area contributed by atoms with Crippen LogP contribution in [0.1, 0.15) is 51.4 Å². The lowest BCUT2D eigenvalue weighted by Crippen LogP contribution is -2.29. The van der Waals surface area contributed by atoms with Crippen molar-refractivity contribution >= 4 is 16.0 Å². The molecule has 0 atom stereocenters. The Bertz CT molecular complexity index is 347. The van der Waals surface area contributed by atoms with Crippen molar-refractivity contribution in [1.82, 2.24) is 4.72 Å². The van der Waals surface area contributed by atoms with Crippen LogP contribution in [0.2, 0.25) is 0 Å². The molecule has 0 unspecified atom stereocenters. The average Bonchev–Trinajstić information content (AvgIpc) is 2.29. The van der Waals surface area contributed by atoms with Crippen molar-refractivity contribution in [3.8, 4) is 0 Å². The molecule has 5 nitrogen and oxygen atoms in total. The quantitative estimate of drug-likeness (QED) is 0.708. The number of hydrogen-bond acceptors (Lipinski definition) is 3. The topological polar surface area (TPSA) is 83.5 Å². The third-order valence-electron chi connectivity index (χ3n) is 3.40. The van der Waals surface area contributed by atoms with Crippen LogP contribution in [0.3, 0.4) is 0 Å². The standard InChI is InChI=1S/C12H23NO4S/c14-12(15)7-4-10-18(16,17)13-9-8-11-5-2-1-3-6-11/h11,13H,1-10H2,(H,14,15). The SMILES string of the molecule is O=C(O)CCCS(=O)(=O)NCCC1CCCCC1. The smallest absolute Gasteiger partial charge is 0.303 e. The first-order chi connectivity index (χ1) is 8.49. The summed E-state index contributed by atoms with van der Waals surface area (Å²) in [5.41, 5.74) is 0. The Morgan fingerprint density at radius 3 is 2.50 bits per heavy atom. The van der Waals surface area contributed by atoms with Gasteiger partial charge in [0, 0.05) is 13.0 Å². The Kier molecular flexibility index (Phi) is 6.63. The minimum atomic E-state index is -3.29. The fourth-order valence-electron chi connectivity index (χ4n) is 2.38. The maximum absolute atomic E-state index is 11.5. The lowest BCUT2D eigenvalue weighted by atomic mass is 9.87. The Hall–Kier alpha value is -0.620. The van der Waals surface area contributed by atoms with Crippen molar-refractivity contribution in [3.05, 3.63) is 0 Å². The van der Waals surface area contributed by atoms with E-state index in [4.69, 9.17) is 5.11 Å². The van der Waals surface area contributed by atoms with Gasteiger partial charge in [-0.25, -0.2) is 13.1 Å². The van der Waals surface area contributed by atoms with Crippen LogP contribution in [0.4, 0.5) is 0 Å². The molecule has 0 aliphatic heterocycles. The molecule has 0 spiro atoms. The van der Waals surface area contributed by atoms with Crippen LogP contribution in [-0.2, 0) is 14.8 Å². The van der Waals surface area contributed by atoms with Gasteiger partial charge >= 0.3 is 5.97 Å². The molecular weight excluding hydrogens is 254 g/mol. The van der Waals surface area contributed by atoms with E-state index in [-0.39, 0.29) is 18.6 Å². The van der Waals surface area contributed by atoms with Crippen molar-refractivity contribution in [2.24, 2.45) is 5.92 Å². The molecule has 0 aromatic rings. The maximum atomic E-state index is 11.5. The number of carboxylic acids is 1. The normalized spacial score (nSPS) is 17.8. The monoisotopic (exact) mass is 277 g/mol. The minimum absolute atomic E-state index is 0.0933. The summed E-state index contributed by atoms with van der Waals surface area (Å²) in [6.07, 6.45) is 7.22. The summed E-state index contributed by atoms with van der Waals surface area (Å²) in [5.74, 6) is -0.392. The minimum Gasteiger partial charge on any atom is -0.481 e. The Morgan fingerprint density at radius 1 is 1.22 bits per heavy atom. The predicted molar refractivity (Wildman–Crippen MR) is 69.9 cm³/mol. The second kappa shape index (κ2) is 7.74. The van der Waals surface area contributed by atoms with Gasteiger partial charge in [0.2, 0.25) is 10.0 Å². The highest BCUT2D eigenvalue weighted by Crippen LogP contribution is 2.25. The Balaban J connectivity index is 2.14. The molecule has 0 bridgehead atoms. The van der Waals surface area contributed by atoms with Crippen LogP contribution in [0, 0.1) is 5.92 Å². The van der Waals surface area contributed by atoms with E-state index >= 15 is 0 Å². The van der Waals surface area contributed by atoms with Crippen LogP contribution in [0.5, 0.6) is 0 Å². The summed E-state index contributed by atoms with van der Waals surface area (Å²) in [5, 5.41) is 8.44. The molecule has 1 rings (SSSR count). The second-order valence-electron chi connectivity index (χ2n) is 5.00. The summed E-state index contributed by atoms with van der Waals surface area (Å²) in [6, 6.07) is 0. The zero-order chi connectivity index (χ0) is 13.4. The average molecular weight is 277 g/mol. The summed E-state index contributed by atoms with van der Waals surface area (Å²) < 4.78 is 25.7. The number of nitrogens with one attached hydrogen (secondary N) is 1. The molecular formula is C12H23NO4S. The van der Waals surface area contributed by atoms with Crippen molar-refractivity contribution in [3.63, 3.8) is 0 Å². The third-order valence-corrected chi connectivity index (χ3v) is 4.87. The molecule has 0 radical (unpaired) electrons. The van der Waals surface area contributed by atoms with Gasteiger partial charge in [0.05, 0.1) is 5.75 Å². The van der Waals surface area contributed by atoms with E-state index in [2.05, 4.69) is 4.72 Å². The van der Waals surface area contributed by atoms with E-state index in [0.29, 0.717) is 12.5 Å². The molecule has 0 aromatic carbocycles. The molecule has 1 fully saturated rings. The van der Waals surface area contributed by atoms with Crippen molar-refractivity contribution in [1.29, 1.82) is 0 Å². The first-order valence-corrected chi connectivity index (χ1v) is 8.34. The second-order valence-corrected chi connectivity index (χ2v) is 6.93. The molecule has 0 heterocycles. The van der Waals surface area contributed by atoms with Crippen LogP contribution in [0.25, 0.3) is 0 Å². The summed E-state index contributed by atoms with van der Waals surface area (Å²) in [7, 11) is -3.29. The number of carboxylic acid groups (broad SMARTS) is 1. The molecule has 1 aliphatic rings. The van der Waals surface area contributed by atoms with E-state index in [9.17, 15) is 13.2 Å². The van der Waals surface area contributed by atoms with Crippen molar-refractivity contribution < 1.29 is 18.3 Å². The lowest BCUT2D eigenvalue weighted by Gasteiger charge is -2.21. The molecule has 106 valence electrons. The van der Waals surface area contributed by atoms with Gasteiger partial charge in [-0.2, -0.15) is 0 Å². The predicted octanol–water partition coefficient (Wildman–Crippen LogP) is 1.74. The highest BCUT2D eigenvalue weighted by molar-refractivity contribution is 7.89. The molecule has 0 aromatic heterocycles. The number of sulfonamides is 1. The molecule has 1 aliphatic carbocycles. The first kappa shape index (κ1) is 15.4. The fourth-order valence-corrected chi connectivity index (χ4v) is 3.48. The Labute approximate surface area is 109 Å². The number of rotatable bonds is 8. The lowest BCUT2D eigenvalue weighted by molar-refractivity contribution is -0.137. The molecule has 0 saturated heterocycles. The zero-order valence-corrected chi connectivity index (χ0v) is 11.5. The van der Waals surface area contributed by atoms with Gasteiger partial charge in [-0.15, -0.1) is 0 Å². The van der Waals surface area contributed by atoms with Gasteiger partial charge in [-0.3, -0.25) is 4.79 Å². The van der Waals surface area contributed by atoms with E-state index in [1.807, 2.05) is 0 Å². The van der Waals surface area contributed by atoms with E-state index < -0.39 is 16.0 Å². The summed E-state index contributed by atoms with van der Waals surface area (Å²) >= 11 is 0. The molecule has 1 saturated carbocycles. The van der Waals surface area contributed by atoms with Gasteiger partial charge < -0.3 is 5.11 Å². The van der Waals surface area contributed by atoms with Gasteiger partial charge in [-0.05, 0) is 18.8 Å². The van der Waals surface area contributed by atoms with Crippen molar-refractivity contribution in [2.45, 2.75) is 51.4 Å². The number of carbonyl (C=O) groups is 1. The van der Waals surface area contributed by atoms with Crippen molar-refractivity contribution in [2.75, 3.05) is 12.3 Å². The first-order valence-electron chi connectivity index (χ1n) is 6.69. The maximum Gasteiger partial charge on any atom is 0.303 e. The highest BCUT2D eigenvalue weighted by atomic mass is 32.2. The third kappa shape index (κ3) is 6.96. The van der Waals surface area contributed by atoms with Crippen LogP contribution >= 0.6 is 0 Å². The summed E-state index contributed by atoms with van der Waals surface area (Å²) in [4.78, 5) is 10.3. The van der Waals surface area contributed by atoms with Gasteiger partial charge in [0.15, 0.2) is 0 Å². The number of aliphatic carboxylic acids is 1. The van der Waals surface area contributed by atoms with Gasteiger partial charge in [0.1, 0.15) is 0 Å². The molecule has 0 amide bonds. The summed E-state index contributed by atoms with van der Waals surface area (Å²) in [6.45, 7) is 0.486. The fraction of sp³-hybridized carbons (Fsp3) is 0.917. The van der Waals surface area contributed by atoms with E-state index in [0.717, 1.165) is 6.42 Å². The largest absolute Gasteiger partial charge is 0.481 e.